The Morgan fingerprint density at radius 2 is 2.00 bits per heavy atom. The van der Waals surface area contributed by atoms with Crippen molar-refractivity contribution in [1.29, 1.82) is 0 Å². The maximum absolute atomic E-state index is 10.5. The topological polar surface area (TPSA) is 57.2 Å². The fourth-order valence-corrected chi connectivity index (χ4v) is 0.723. The first kappa shape index (κ1) is 8.49. The highest BCUT2D eigenvalue weighted by Crippen LogP contribution is 2.05. The minimum Gasteiger partial charge on any atom is -0.549 e. The molecule has 1 unspecified atom stereocenters. The van der Waals surface area contributed by atoms with E-state index < -0.39 is 11.9 Å². The molecule has 0 fully saturated rings. The van der Waals surface area contributed by atoms with Gasteiger partial charge < -0.3 is 9.90 Å². The molecule has 0 aliphatic heterocycles. The SMILES string of the molecule is CSC(=O)C(C)C(=O)[O-]. The Morgan fingerprint density at radius 1 is 1.56 bits per heavy atom. The van der Waals surface area contributed by atoms with Crippen LogP contribution in [0.5, 0.6) is 0 Å². The number of hydrogen-bond acceptors (Lipinski definition) is 4. The molecule has 0 aromatic heterocycles. The number of aliphatic carboxylic acids is 1. The van der Waals surface area contributed by atoms with Gasteiger partial charge in [-0.25, -0.2) is 0 Å². The summed E-state index contributed by atoms with van der Waals surface area (Å²) >= 11 is 0.901. The van der Waals surface area contributed by atoms with Crippen LogP contribution in [-0.4, -0.2) is 17.3 Å². The van der Waals surface area contributed by atoms with Crippen molar-refractivity contribution in [2.24, 2.45) is 5.92 Å². The molecule has 0 aliphatic rings. The van der Waals surface area contributed by atoms with Crippen molar-refractivity contribution in [2.45, 2.75) is 6.92 Å². The van der Waals surface area contributed by atoms with Gasteiger partial charge in [0.05, 0.1) is 11.9 Å². The van der Waals surface area contributed by atoms with Crippen LogP contribution in [-0.2, 0) is 9.59 Å². The van der Waals surface area contributed by atoms with E-state index >= 15 is 0 Å². The van der Waals surface area contributed by atoms with Gasteiger partial charge in [0.25, 0.3) is 0 Å². The molecule has 0 saturated carbocycles. The standard InChI is InChI=1S/C5H8O3S/c1-3(4(6)7)5(8)9-2/h3H,1-2H3,(H,6,7)/p-1. The van der Waals surface area contributed by atoms with E-state index in [1.165, 1.54) is 6.92 Å². The zero-order chi connectivity index (χ0) is 7.44. The zero-order valence-electron chi connectivity index (χ0n) is 5.21. The van der Waals surface area contributed by atoms with Gasteiger partial charge in [0.1, 0.15) is 0 Å². The molecular formula is C5H7O3S-. The number of thioether (sulfide) groups is 1. The van der Waals surface area contributed by atoms with Gasteiger partial charge in [-0.05, 0) is 13.2 Å². The van der Waals surface area contributed by atoms with Gasteiger partial charge in [0.15, 0.2) is 5.12 Å². The Kier molecular flexibility index (Phi) is 3.30. The number of carbonyl (C=O) groups is 2. The average Bonchev–Trinajstić information content (AvgIpc) is 1.84. The summed E-state index contributed by atoms with van der Waals surface area (Å²) in [5, 5.41) is 9.59. The summed E-state index contributed by atoms with van der Waals surface area (Å²) < 4.78 is 0. The molecule has 1 atom stereocenters. The summed E-state index contributed by atoms with van der Waals surface area (Å²) in [6.45, 7) is 1.31. The number of carboxylic acid groups (broad SMARTS) is 1. The summed E-state index contributed by atoms with van der Waals surface area (Å²) in [6.07, 6.45) is 1.54. The summed E-state index contributed by atoms with van der Waals surface area (Å²) in [4.78, 5) is 20.4. The number of carboxylic acids is 1. The molecule has 0 N–H and O–H groups in total. The summed E-state index contributed by atoms with van der Waals surface area (Å²) in [7, 11) is 0. The van der Waals surface area contributed by atoms with E-state index in [0.29, 0.717) is 0 Å². The highest BCUT2D eigenvalue weighted by Gasteiger charge is 2.11. The fourth-order valence-electron chi connectivity index (χ4n) is 0.273. The third-order valence-corrected chi connectivity index (χ3v) is 1.66. The molecule has 0 aromatic carbocycles. The van der Waals surface area contributed by atoms with Gasteiger partial charge in [-0.1, -0.05) is 11.8 Å². The molecule has 4 heteroatoms. The quantitative estimate of drug-likeness (QED) is 0.483. The summed E-state index contributed by atoms with van der Waals surface area (Å²) in [6, 6.07) is 0. The Hall–Kier alpha value is -0.510. The second kappa shape index (κ2) is 3.50. The second-order valence-corrected chi connectivity index (χ2v) is 2.37. The summed E-state index contributed by atoms with van der Waals surface area (Å²) in [5.74, 6) is -2.30. The first-order valence-corrected chi connectivity index (χ1v) is 3.60. The number of rotatable bonds is 2. The fraction of sp³-hybridized carbons (Fsp3) is 0.600. The molecule has 0 rings (SSSR count). The Balaban J connectivity index is 3.88. The van der Waals surface area contributed by atoms with Crippen molar-refractivity contribution in [3.8, 4) is 0 Å². The van der Waals surface area contributed by atoms with Crippen LogP contribution in [0.3, 0.4) is 0 Å². The van der Waals surface area contributed by atoms with Crippen molar-refractivity contribution >= 4 is 22.8 Å². The second-order valence-electron chi connectivity index (χ2n) is 1.56. The molecule has 0 aliphatic carbocycles. The van der Waals surface area contributed by atoms with Gasteiger partial charge in [-0.3, -0.25) is 4.79 Å². The van der Waals surface area contributed by atoms with E-state index in [4.69, 9.17) is 0 Å². The van der Waals surface area contributed by atoms with E-state index in [1.54, 1.807) is 6.26 Å². The summed E-state index contributed by atoms with van der Waals surface area (Å²) in [5.41, 5.74) is 0. The van der Waals surface area contributed by atoms with Crippen LogP contribution in [0.4, 0.5) is 0 Å². The van der Waals surface area contributed by atoms with Gasteiger partial charge in [0.2, 0.25) is 0 Å². The van der Waals surface area contributed by atoms with E-state index in [0.717, 1.165) is 11.8 Å². The third kappa shape index (κ3) is 2.51. The van der Waals surface area contributed by atoms with Crippen LogP contribution in [0.15, 0.2) is 0 Å². The Labute approximate surface area is 57.4 Å². The first-order chi connectivity index (χ1) is 4.09. The molecule has 0 spiro atoms. The third-order valence-electron chi connectivity index (χ3n) is 0.908. The van der Waals surface area contributed by atoms with Crippen LogP contribution >= 0.6 is 11.8 Å². The van der Waals surface area contributed by atoms with Crippen LogP contribution in [0, 0.1) is 5.92 Å². The Morgan fingerprint density at radius 3 is 2.11 bits per heavy atom. The molecule has 0 amide bonds. The maximum atomic E-state index is 10.5. The molecule has 0 heterocycles. The average molecular weight is 147 g/mol. The van der Waals surface area contributed by atoms with E-state index in [-0.39, 0.29) is 5.12 Å². The predicted octanol–water partition coefficient (Wildman–Crippen LogP) is -0.738. The predicted molar refractivity (Wildman–Crippen MR) is 32.7 cm³/mol. The lowest BCUT2D eigenvalue weighted by atomic mass is 10.2. The van der Waals surface area contributed by atoms with Gasteiger partial charge >= 0.3 is 0 Å². The van der Waals surface area contributed by atoms with Crippen LogP contribution in [0.2, 0.25) is 0 Å². The zero-order valence-corrected chi connectivity index (χ0v) is 6.03. The lowest BCUT2D eigenvalue weighted by Gasteiger charge is -2.07. The molecule has 0 aromatic rings. The van der Waals surface area contributed by atoms with Crippen LogP contribution < -0.4 is 5.11 Å². The van der Waals surface area contributed by atoms with Crippen molar-refractivity contribution in [3.63, 3.8) is 0 Å². The monoisotopic (exact) mass is 147 g/mol. The number of hydrogen-bond donors (Lipinski definition) is 0. The largest absolute Gasteiger partial charge is 0.549 e. The van der Waals surface area contributed by atoms with E-state index in [1.807, 2.05) is 0 Å². The number of carbonyl (C=O) groups excluding carboxylic acids is 2. The molecule has 0 saturated heterocycles. The molecule has 0 radical (unpaired) electrons. The molecule has 9 heavy (non-hydrogen) atoms. The molecule has 3 nitrogen and oxygen atoms in total. The van der Waals surface area contributed by atoms with Gasteiger partial charge in [-0.2, -0.15) is 0 Å². The first-order valence-electron chi connectivity index (χ1n) is 2.38. The highest BCUT2D eigenvalue weighted by atomic mass is 32.2. The smallest absolute Gasteiger partial charge is 0.197 e. The van der Waals surface area contributed by atoms with E-state index in [2.05, 4.69) is 0 Å². The maximum Gasteiger partial charge on any atom is 0.197 e. The van der Waals surface area contributed by atoms with Crippen LogP contribution in [0.25, 0.3) is 0 Å². The van der Waals surface area contributed by atoms with Crippen molar-refractivity contribution in [2.75, 3.05) is 6.26 Å². The highest BCUT2D eigenvalue weighted by molar-refractivity contribution is 8.13. The van der Waals surface area contributed by atoms with Gasteiger partial charge in [-0.15, -0.1) is 0 Å². The molecular weight excluding hydrogens is 140 g/mol. The Bertz CT molecular complexity index is 132. The minimum atomic E-state index is -1.31. The minimum absolute atomic E-state index is 0.366. The van der Waals surface area contributed by atoms with Gasteiger partial charge in [0, 0.05) is 0 Å². The van der Waals surface area contributed by atoms with Crippen molar-refractivity contribution in [3.05, 3.63) is 0 Å². The van der Waals surface area contributed by atoms with Crippen LogP contribution in [0.1, 0.15) is 6.92 Å². The molecule has 0 bridgehead atoms. The van der Waals surface area contributed by atoms with Crippen molar-refractivity contribution in [1.82, 2.24) is 0 Å². The molecule has 52 valence electrons. The normalized spacial score (nSPS) is 12.7. The lowest BCUT2D eigenvalue weighted by Crippen LogP contribution is -2.33. The van der Waals surface area contributed by atoms with E-state index in [9.17, 15) is 14.7 Å². The lowest BCUT2D eigenvalue weighted by molar-refractivity contribution is -0.309. The van der Waals surface area contributed by atoms with Crippen molar-refractivity contribution < 1.29 is 14.7 Å².